The molecule has 0 bridgehead atoms. The van der Waals surface area contributed by atoms with E-state index >= 15 is 0 Å². The van der Waals surface area contributed by atoms with E-state index in [0.29, 0.717) is 0 Å². The van der Waals surface area contributed by atoms with E-state index in [1.54, 1.807) is 0 Å². The second-order valence-corrected chi connectivity index (χ2v) is 3.53. The van der Waals surface area contributed by atoms with Crippen molar-refractivity contribution in [2.24, 2.45) is 5.92 Å². The molecule has 1 aromatic rings. The first-order chi connectivity index (χ1) is 6.57. The summed E-state index contributed by atoms with van der Waals surface area (Å²) < 4.78 is 0. The smallest absolute Gasteiger partial charge is 0.122 e. The molecule has 0 aliphatic rings. The Morgan fingerprint density at radius 1 is 1.29 bits per heavy atom. The zero-order valence-corrected chi connectivity index (χ0v) is 9.16. The van der Waals surface area contributed by atoms with Crippen LogP contribution in [0.25, 0.3) is 5.57 Å². The van der Waals surface area contributed by atoms with E-state index in [2.05, 4.69) is 18.7 Å². The first-order valence-electron chi connectivity index (χ1n) is 4.74. The molecule has 1 aromatic carbocycles. The quantitative estimate of drug-likeness (QED) is 0.652. The van der Waals surface area contributed by atoms with Gasteiger partial charge in [-0.3, -0.25) is 0 Å². The zero-order valence-electron chi connectivity index (χ0n) is 9.16. The van der Waals surface area contributed by atoms with Gasteiger partial charge in [0.15, 0.2) is 0 Å². The lowest BCUT2D eigenvalue weighted by molar-refractivity contribution is -0.110. The number of rotatable bonds is 2. The fraction of sp³-hybridized carbons (Fsp3) is 0.308. The molecule has 0 unspecified atom stereocenters. The van der Waals surface area contributed by atoms with Crippen molar-refractivity contribution >= 4 is 11.9 Å². The van der Waals surface area contributed by atoms with Crippen molar-refractivity contribution in [2.75, 3.05) is 0 Å². The number of carbonyl (C=O) groups excluding carboxylic acids is 1. The summed E-state index contributed by atoms with van der Waals surface area (Å²) >= 11 is 0. The van der Waals surface area contributed by atoms with Crippen molar-refractivity contribution < 1.29 is 4.79 Å². The molecular formula is C13H18O. The number of allylic oxidation sites excluding steroid dienone is 1. The third-order valence-corrected chi connectivity index (χ3v) is 1.54. The van der Waals surface area contributed by atoms with Gasteiger partial charge in [0.2, 0.25) is 0 Å². The van der Waals surface area contributed by atoms with E-state index in [4.69, 9.17) is 0 Å². The molecule has 0 N–H and O–H groups in total. The molecule has 0 spiro atoms. The molecule has 0 saturated carbocycles. The molecule has 76 valence electrons. The highest BCUT2D eigenvalue weighted by Crippen LogP contribution is 2.08. The summed E-state index contributed by atoms with van der Waals surface area (Å²) in [6, 6.07) is 10.2. The van der Waals surface area contributed by atoms with Crippen molar-refractivity contribution in [1.29, 1.82) is 0 Å². The van der Waals surface area contributed by atoms with E-state index in [9.17, 15) is 4.79 Å². The lowest BCUT2D eigenvalue weighted by Gasteiger charge is -1.94. The van der Waals surface area contributed by atoms with Crippen LogP contribution in [0.1, 0.15) is 26.3 Å². The number of hydrogen-bond donors (Lipinski definition) is 0. The van der Waals surface area contributed by atoms with Crippen molar-refractivity contribution in [1.82, 2.24) is 0 Å². The van der Waals surface area contributed by atoms with Crippen molar-refractivity contribution in [2.45, 2.75) is 20.8 Å². The molecule has 0 heterocycles. The highest BCUT2D eigenvalue weighted by Gasteiger charge is 1.86. The van der Waals surface area contributed by atoms with Crippen LogP contribution < -0.4 is 0 Å². The van der Waals surface area contributed by atoms with E-state index in [0.717, 1.165) is 11.9 Å². The van der Waals surface area contributed by atoms with Crippen LogP contribution in [0.5, 0.6) is 0 Å². The Morgan fingerprint density at radius 2 is 1.71 bits per heavy atom. The highest BCUT2D eigenvalue weighted by atomic mass is 16.1. The van der Waals surface area contributed by atoms with Crippen molar-refractivity contribution in [3.05, 3.63) is 42.5 Å². The first-order valence-corrected chi connectivity index (χ1v) is 4.74. The number of aldehydes is 1. The topological polar surface area (TPSA) is 17.1 Å². The molecule has 0 atom stereocenters. The molecule has 14 heavy (non-hydrogen) atoms. The van der Waals surface area contributed by atoms with Crippen LogP contribution in [0, 0.1) is 5.92 Å². The van der Waals surface area contributed by atoms with E-state index in [1.165, 1.54) is 5.56 Å². The average Bonchev–Trinajstić information content (AvgIpc) is 2.20. The highest BCUT2D eigenvalue weighted by molar-refractivity contribution is 5.60. The van der Waals surface area contributed by atoms with Gasteiger partial charge in [-0.25, -0.2) is 0 Å². The Kier molecular flexibility index (Phi) is 6.38. The van der Waals surface area contributed by atoms with Crippen LogP contribution >= 0.6 is 0 Å². The first kappa shape index (κ1) is 12.6. The maximum atomic E-state index is 9.50. The predicted octanol–water partition coefficient (Wildman–Crippen LogP) is 3.56. The average molecular weight is 190 g/mol. The van der Waals surface area contributed by atoms with Gasteiger partial charge < -0.3 is 4.79 Å². The minimum absolute atomic E-state index is 0.204. The minimum atomic E-state index is 0.204. The summed E-state index contributed by atoms with van der Waals surface area (Å²) in [7, 11) is 0. The Balaban J connectivity index is 0.000000292. The Bertz CT molecular complexity index is 273. The second-order valence-electron chi connectivity index (χ2n) is 3.53. The lowest BCUT2D eigenvalue weighted by atomic mass is 10.1. The van der Waals surface area contributed by atoms with Crippen LogP contribution in [0.3, 0.4) is 0 Å². The van der Waals surface area contributed by atoms with Gasteiger partial charge in [-0.15, -0.1) is 0 Å². The summed E-state index contributed by atoms with van der Waals surface area (Å²) in [6.07, 6.45) is 0.917. The minimum Gasteiger partial charge on any atom is -0.303 e. The predicted molar refractivity (Wildman–Crippen MR) is 62.1 cm³/mol. The van der Waals surface area contributed by atoms with Gasteiger partial charge in [-0.1, -0.05) is 56.3 Å². The van der Waals surface area contributed by atoms with E-state index in [-0.39, 0.29) is 5.92 Å². The summed E-state index contributed by atoms with van der Waals surface area (Å²) in [6.45, 7) is 9.54. The molecule has 0 aliphatic carbocycles. The van der Waals surface area contributed by atoms with E-state index < -0.39 is 0 Å². The third kappa shape index (κ3) is 6.18. The largest absolute Gasteiger partial charge is 0.303 e. The molecule has 0 fully saturated rings. The number of carbonyl (C=O) groups is 1. The molecule has 0 saturated heterocycles. The Hall–Kier alpha value is -1.37. The normalized spacial score (nSPS) is 8.86. The number of benzene rings is 1. The summed E-state index contributed by atoms with van der Waals surface area (Å²) in [5.41, 5.74) is 2.34. The van der Waals surface area contributed by atoms with Crippen molar-refractivity contribution in [3.8, 4) is 0 Å². The molecule has 0 radical (unpaired) electrons. The van der Waals surface area contributed by atoms with Crippen LogP contribution in [-0.4, -0.2) is 6.29 Å². The van der Waals surface area contributed by atoms with Gasteiger partial charge in [0.05, 0.1) is 0 Å². The third-order valence-electron chi connectivity index (χ3n) is 1.54. The summed E-state index contributed by atoms with van der Waals surface area (Å²) in [5.74, 6) is 0.204. The maximum absolute atomic E-state index is 9.50. The van der Waals surface area contributed by atoms with Gasteiger partial charge in [0.25, 0.3) is 0 Å². The van der Waals surface area contributed by atoms with Gasteiger partial charge in [-0.2, -0.15) is 0 Å². The van der Waals surface area contributed by atoms with Gasteiger partial charge in [0, 0.05) is 5.92 Å². The molecule has 1 heteroatoms. The van der Waals surface area contributed by atoms with Gasteiger partial charge in [-0.05, 0) is 12.5 Å². The van der Waals surface area contributed by atoms with Crippen LogP contribution in [-0.2, 0) is 4.79 Å². The van der Waals surface area contributed by atoms with Crippen LogP contribution in [0.2, 0.25) is 0 Å². The second kappa shape index (κ2) is 7.07. The zero-order chi connectivity index (χ0) is 11.0. The van der Waals surface area contributed by atoms with E-state index in [1.807, 2.05) is 39.0 Å². The molecule has 1 rings (SSSR count). The summed E-state index contributed by atoms with van der Waals surface area (Å²) in [5, 5.41) is 0. The SMILES string of the molecule is C=C(C)c1ccccc1.CC(C)C=O. The summed E-state index contributed by atoms with van der Waals surface area (Å²) in [4.78, 5) is 9.50. The molecule has 0 aromatic heterocycles. The Morgan fingerprint density at radius 3 is 1.93 bits per heavy atom. The maximum Gasteiger partial charge on any atom is 0.122 e. The van der Waals surface area contributed by atoms with Crippen LogP contribution in [0.15, 0.2) is 36.9 Å². The fourth-order valence-electron chi connectivity index (χ4n) is 0.723. The molecular weight excluding hydrogens is 172 g/mol. The fourth-order valence-corrected chi connectivity index (χ4v) is 0.723. The lowest BCUT2D eigenvalue weighted by Crippen LogP contribution is -1.82. The van der Waals surface area contributed by atoms with Crippen LogP contribution in [0.4, 0.5) is 0 Å². The standard InChI is InChI=1S/C9H10.C4H8O/c1-8(2)9-6-4-3-5-7-9;1-4(2)3-5/h3-7H,1H2,2H3;3-4H,1-2H3. The molecule has 0 amide bonds. The number of hydrogen-bond acceptors (Lipinski definition) is 1. The van der Waals surface area contributed by atoms with Gasteiger partial charge in [0.1, 0.15) is 6.29 Å². The Labute approximate surface area is 86.5 Å². The van der Waals surface area contributed by atoms with Crippen molar-refractivity contribution in [3.63, 3.8) is 0 Å². The van der Waals surface area contributed by atoms with Gasteiger partial charge >= 0.3 is 0 Å². The molecule has 1 nitrogen and oxygen atoms in total. The molecule has 0 aliphatic heterocycles. The monoisotopic (exact) mass is 190 g/mol.